The van der Waals surface area contributed by atoms with E-state index in [0.717, 1.165) is 5.56 Å². The number of aliphatic imine (C=N–C) groups is 1. The van der Waals surface area contributed by atoms with E-state index in [4.69, 9.17) is 18.9 Å². The van der Waals surface area contributed by atoms with Crippen LogP contribution in [0.15, 0.2) is 71.7 Å². The fraction of sp³-hybridized carbons (Fsp3) is 0.160. The Bertz CT molecular complexity index is 1190. The molecule has 0 unspecified atom stereocenters. The van der Waals surface area contributed by atoms with Crippen molar-refractivity contribution in [1.82, 2.24) is 0 Å². The van der Waals surface area contributed by atoms with Crippen LogP contribution in [0.25, 0.3) is 0 Å². The van der Waals surface area contributed by atoms with Gasteiger partial charge in [0, 0.05) is 17.7 Å². The van der Waals surface area contributed by atoms with Gasteiger partial charge in [0.05, 0.1) is 14.2 Å². The average Bonchev–Trinajstić information content (AvgIpc) is 3.32. The van der Waals surface area contributed by atoms with Gasteiger partial charge in [-0.25, -0.2) is 4.99 Å². The summed E-state index contributed by atoms with van der Waals surface area (Å²) in [7, 11) is 3.11. The monoisotopic (exact) mass is 446 g/mol. The predicted molar refractivity (Wildman–Crippen MR) is 123 cm³/mol. The van der Waals surface area contributed by atoms with E-state index in [2.05, 4.69) is 10.3 Å². The Balaban J connectivity index is 1.60. The van der Waals surface area contributed by atoms with Crippen molar-refractivity contribution in [3.8, 4) is 23.0 Å². The molecule has 1 N–H and O–H groups in total. The maximum absolute atomic E-state index is 13.1. The number of hydrogen-bond acceptors (Lipinski definition) is 6. The molecule has 0 saturated heterocycles. The van der Waals surface area contributed by atoms with E-state index in [1.54, 1.807) is 74.9 Å². The third-order valence-electron chi connectivity index (χ3n) is 4.99. The average molecular weight is 446 g/mol. The largest absolute Gasteiger partial charge is 0.497 e. The topological polar surface area (TPSA) is 95.5 Å². The fourth-order valence-corrected chi connectivity index (χ4v) is 3.21. The highest BCUT2D eigenvalue weighted by molar-refractivity contribution is 6.45. The summed E-state index contributed by atoms with van der Waals surface area (Å²) in [6.45, 7) is 0.146. The summed E-state index contributed by atoms with van der Waals surface area (Å²) in [5, 5.41) is 2.79. The molecule has 168 valence electrons. The fourth-order valence-electron chi connectivity index (χ4n) is 3.21. The lowest BCUT2D eigenvalue weighted by Crippen LogP contribution is -2.26. The Morgan fingerprint density at radius 2 is 1.52 bits per heavy atom. The maximum atomic E-state index is 13.1. The van der Waals surface area contributed by atoms with Gasteiger partial charge in [0.15, 0.2) is 11.5 Å². The minimum Gasteiger partial charge on any atom is -0.497 e. The number of carbonyl (C=O) groups is 2. The van der Waals surface area contributed by atoms with Crippen molar-refractivity contribution in [1.29, 1.82) is 0 Å². The zero-order valence-corrected chi connectivity index (χ0v) is 18.2. The Hall–Kier alpha value is -4.33. The smallest absolute Gasteiger partial charge is 0.277 e. The van der Waals surface area contributed by atoms with E-state index in [1.807, 2.05) is 6.07 Å². The first kappa shape index (κ1) is 21.9. The van der Waals surface area contributed by atoms with Crippen LogP contribution in [-0.4, -0.2) is 38.5 Å². The molecule has 0 radical (unpaired) electrons. The molecule has 4 rings (SSSR count). The van der Waals surface area contributed by atoms with Crippen molar-refractivity contribution >= 4 is 23.2 Å². The molecular weight excluding hydrogens is 424 g/mol. The van der Waals surface area contributed by atoms with Gasteiger partial charge in [-0.1, -0.05) is 6.07 Å². The zero-order valence-electron chi connectivity index (χ0n) is 18.2. The summed E-state index contributed by atoms with van der Waals surface area (Å²) in [6, 6.07) is 18.8. The molecule has 8 heteroatoms. The highest BCUT2D eigenvalue weighted by atomic mass is 16.7. The van der Waals surface area contributed by atoms with Gasteiger partial charge in [-0.3, -0.25) is 9.59 Å². The van der Waals surface area contributed by atoms with Crippen LogP contribution in [0.1, 0.15) is 15.9 Å². The lowest BCUT2D eigenvalue weighted by molar-refractivity contribution is -0.110. The Morgan fingerprint density at radius 1 is 0.879 bits per heavy atom. The summed E-state index contributed by atoms with van der Waals surface area (Å²) in [4.78, 5) is 30.0. The molecule has 0 atom stereocenters. The van der Waals surface area contributed by atoms with Crippen molar-refractivity contribution in [2.75, 3.05) is 26.3 Å². The second-order valence-electron chi connectivity index (χ2n) is 7.14. The summed E-state index contributed by atoms with van der Waals surface area (Å²) >= 11 is 0. The number of anilines is 1. The van der Waals surface area contributed by atoms with E-state index in [1.165, 1.54) is 0 Å². The molecule has 2 amide bonds. The SMILES string of the molecule is COc1ccc(NC(=O)C(Cc2ccc3c(c2)OCO3)=NC(=O)c2ccc(OC)cc2)cc1. The van der Waals surface area contributed by atoms with Crippen LogP contribution in [0.2, 0.25) is 0 Å². The molecule has 0 aromatic heterocycles. The number of rotatable bonds is 7. The molecule has 1 aliphatic heterocycles. The van der Waals surface area contributed by atoms with Gasteiger partial charge < -0.3 is 24.3 Å². The van der Waals surface area contributed by atoms with E-state index in [9.17, 15) is 9.59 Å². The standard InChI is InChI=1S/C25H22N2O6/c1-30-19-8-4-17(5-9-19)24(28)27-21(13-16-3-12-22-23(14-16)33-15-32-22)25(29)26-18-6-10-20(31-2)11-7-18/h3-12,14H,13,15H2,1-2H3,(H,26,29). The van der Waals surface area contributed by atoms with Crippen LogP contribution < -0.4 is 24.3 Å². The highest BCUT2D eigenvalue weighted by Gasteiger charge is 2.19. The lowest BCUT2D eigenvalue weighted by atomic mass is 10.1. The normalized spacial score (nSPS) is 12.2. The van der Waals surface area contributed by atoms with Crippen LogP contribution in [0.3, 0.4) is 0 Å². The Kier molecular flexibility index (Phi) is 6.54. The predicted octanol–water partition coefficient (Wildman–Crippen LogP) is 3.90. The van der Waals surface area contributed by atoms with E-state index in [0.29, 0.717) is 34.2 Å². The first-order valence-corrected chi connectivity index (χ1v) is 10.2. The van der Waals surface area contributed by atoms with E-state index >= 15 is 0 Å². The summed E-state index contributed by atoms with van der Waals surface area (Å²) < 4.78 is 21.0. The van der Waals surface area contributed by atoms with Crippen molar-refractivity contribution in [2.45, 2.75) is 6.42 Å². The number of carbonyl (C=O) groups excluding carboxylic acids is 2. The molecule has 3 aromatic carbocycles. The van der Waals surface area contributed by atoms with Crippen LogP contribution in [-0.2, 0) is 11.2 Å². The third kappa shape index (κ3) is 5.30. The molecule has 1 aliphatic rings. The quantitative estimate of drug-likeness (QED) is 0.553. The zero-order chi connectivity index (χ0) is 23.2. The number of methoxy groups -OCH3 is 2. The first-order chi connectivity index (χ1) is 16.1. The third-order valence-corrected chi connectivity index (χ3v) is 4.99. The van der Waals surface area contributed by atoms with Gasteiger partial charge in [0.2, 0.25) is 6.79 Å². The number of benzene rings is 3. The van der Waals surface area contributed by atoms with Gasteiger partial charge in [0.1, 0.15) is 17.2 Å². The van der Waals surface area contributed by atoms with Crippen molar-refractivity contribution in [3.63, 3.8) is 0 Å². The molecule has 0 fully saturated rings. The second-order valence-corrected chi connectivity index (χ2v) is 7.14. The summed E-state index contributed by atoms with van der Waals surface area (Å²) in [6.07, 6.45) is 0.126. The van der Waals surface area contributed by atoms with Gasteiger partial charge in [0.25, 0.3) is 11.8 Å². The summed E-state index contributed by atoms with van der Waals surface area (Å²) in [5.41, 5.74) is 1.71. The molecule has 33 heavy (non-hydrogen) atoms. The number of ether oxygens (including phenoxy) is 4. The number of nitrogens with zero attached hydrogens (tertiary/aromatic N) is 1. The van der Waals surface area contributed by atoms with Crippen LogP contribution in [0, 0.1) is 0 Å². The number of nitrogens with one attached hydrogen (secondary N) is 1. The van der Waals surface area contributed by atoms with E-state index in [-0.39, 0.29) is 18.9 Å². The number of fused-ring (bicyclic) bond motifs is 1. The van der Waals surface area contributed by atoms with Crippen molar-refractivity contribution < 1.29 is 28.5 Å². The van der Waals surface area contributed by atoms with E-state index < -0.39 is 11.8 Å². The van der Waals surface area contributed by atoms with Crippen LogP contribution in [0.4, 0.5) is 5.69 Å². The minimum absolute atomic E-state index is 0.0606. The molecule has 3 aromatic rings. The highest BCUT2D eigenvalue weighted by Crippen LogP contribution is 2.32. The minimum atomic E-state index is -0.529. The van der Waals surface area contributed by atoms with Gasteiger partial charge in [-0.05, 0) is 66.2 Å². The number of hydrogen-bond donors (Lipinski definition) is 1. The van der Waals surface area contributed by atoms with Crippen LogP contribution in [0.5, 0.6) is 23.0 Å². The maximum Gasteiger partial charge on any atom is 0.277 e. The summed E-state index contributed by atoms with van der Waals surface area (Å²) in [5.74, 6) is 1.49. The first-order valence-electron chi connectivity index (χ1n) is 10.2. The molecule has 8 nitrogen and oxygen atoms in total. The molecule has 0 bridgehead atoms. The van der Waals surface area contributed by atoms with Crippen molar-refractivity contribution in [2.24, 2.45) is 4.99 Å². The molecule has 0 spiro atoms. The van der Waals surface area contributed by atoms with Crippen molar-refractivity contribution in [3.05, 3.63) is 77.9 Å². The van der Waals surface area contributed by atoms with Gasteiger partial charge >= 0.3 is 0 Å². The Labute approximate surface area is 190 Å². The van der Waals surface area contributed by atoms with Gasteiger partial charge in [-0.2, -0.15) is 0 Å². The molecule has 0 saturated carbocycles. The second kappa shape index (κ2) is 9.86. The molecule has 0 aliphatic carbocycles. The molecular formula is C25H22N2O6. The van der Waals surface area contributed by atoms with Gasteiger partial charge in [-0.15, -0.1) is 0 Å². The Morgan fingerprint density at radius 3 is 2.18 bits per heavy atom. The lowest BCUT2D eigenvalue weighted by Gasteiger charge is -2.10. The molecule has 1 heterocycles. The number of amides is 2. The van der Waals surface area contributed by atoms with Crippen LogP contribution >= 0.6 is 0 Å².